The Bertz CT molecular complexity index is 237. The highest BCUT2D eigenvalue weighted by atomic mass is 19.4. The SMILES string of the molecule is F[B-](F)(F)/C=C/c1ccco1. The summed E-state index contributed by atoms with van der Waals surface area (Å²) in [6.45, 7) is -4.85. The van der Waals surface area contributed by atoms with Crippen LogP contribution in [0.3, 0.4) is 0 Å². The topological polar surface area (TPSA) is 13.1 Å². The summed E-state index contributed by atoms with van der Waals surface area (Å²) in [5.74, 6) is 0.406. The Morgan fingerprint density at radius 2 is 2.09 bits per heavy atom. The molecule has 0 aromatic carbocycles. The fourth-order valence-electron chi connectivity index (χ4n) is 0.590. The summed E-state index contributed by atoms with van der Waals surface area (Å²) in [5, 5.41) is 0. The Morgan fingerprint density at radius 1 is 1.36 bits per heavy atom. The lowest BCUT2D eigenvalue weighted by molar-refractivity contribution is 0.498. The van der Waals surface area contributed by atoms with Gasteiger partial charge in [0.25, 0.3) is 0 Å². The summed E-state index contributed by atoms with van der Waals surface area (Å²) in [6.07, 6.45) is 2.23. The van der Waals surface area contributed by atoms with Gasteiger partial charge in [-0.3, -0.25) is 0 Å². The van der Waals surface area contributed by atoms with Crippen LogP contribution in [-0.2, 0) is 0 Å². The predicted molar refractivity (Wildman–Crippen MR) is 36.8 cm³/mol. The molecule has 0 aliphatic heterocycles. The van der Waals surface area contributed by atoms with Crippen molar-refractivity contribution in [2.45, 2.75) is 0 Å². The summed E-state index contributed by atoms with van der Waals surface area (Å²) < 4.78 is 39.4. The molecule has 0 atom stereocenters. The van der Waals surface area contributed by atoms with Crippen molar-refractivity contribution in [1.82, 2.24) is 0 Å². The minimum absolute atomic E-state index is 0.193. The van der Waals surface area contributed by atoms with E-state index in [0.717, 1.165) is 6.08 Å². The van der Waals surface area contributed by atoms with Crippen molar-refractivity contribution < 1.29 is 17.4 Å². The van der Waals surface area contributed by atoms with Gasteiger partial charge in [-0.15, -0.1) is 5.98 Å². The van der Waals surface area contributed by atoms with Crippen molar-refractivity contribution in [3.05, 3.63) is 30.1 Å². The molecular formula is C6H5BF3O-. The highest BCUT2D eigenvalue weighted by Crippen LogP contribution is 2.12. The highest BCUT2D eigenvalue weighted by molar-refractivity contribution is 6.64. The molecule has 1 aromatic rings. The van der Waals surface area contributed by atoms with E-state index in [4.69, 9.17) is 0 Å². The number of hydrogen-bond acceptors (Lipinski definition) is 1. The molecule has 0 aliphatic rings. The Morgan fingerprint density at radius 3 is 2.55 bits per heavy atom. The Labute approximate surface area is 61.6 Å². The Balaban J connectivity index is 2.63. The van der Waals surface area contributed by atoms with Crippen molar-refractivity contribution in [2.75, 3.05) is 0 Å². The van der Waals surface area contributed by atoms with Gasteiger partial charge in [0, 0.05) is 0 Å². The molecule has 0 unspecified atom stereocenters. The molecule has 0 saturated heterocycles. The zero-order chi connectivity index (χ0) is 8.32. The highest BCUT2D eigenvalue weighted by Gasteiger charge is 2.17. The molecule has 0 amide bonds. The first-order valence-electron chi connectivity index (χ1n) is 3.01. The van der Waals surface area contributed by atoms with Gasteiger partial charge in [0.05, 0.1) is 6.26 Å². The number of rotatable bonds is 2. The first-order valence-corrected chi connectivity index (χ1v) is 3.01. The van der Waals surface area contributed by atoms with E-state index in [1.54, 1.807) is 0 Å². The van der Waals surface area contributed by atoms with Gasteiger partial charge in [-0.05, 0) is 12.1 Å². The van der Waals surface area contributed by atoms with Crippen LogP contribution in [0.25, 0.3) is 6.08 Å². The van der Waals surface area contributed by atoms with Gasteiger partial charge in [-0.1, -0.05) is 6.08 Å². The summed E-state index contributed by atoms with van der Waals surface area (Å²) >= 11 is 0. The van der Waals surface area contributed by atoms with E-state index < -0.39 is 6.98 Å². The summed E-state index contributed by atoms with van der Waals surface area (Å²) in [7, 11) is 0. The maximum atomic E-state index is 11.6. The molecule has 11 heavy (non-hydrogen) atoms. The maximum Gasteiger partial charge on any atom is 0.502 e. The monoisotopic (exact) mass is 161 g/mol. The zero-order valence-corrected chi connectivity index (χ0v) is 5.51. The molecule has 0 N–H and O–H groups in total. The molecule has 60 valence electrons. The summed E-state index contributed by atoms with van der Waals surface area (Å²) in [4.78, 5) is 0. The molecule has 0 saturated carbocycles. The molecule has 0 fully saturated rings. The lowest BCUT2D eigenvalue weighted by Crippen LogP contribution is -2.09. The van der Waals surface area contributed by atoms with Gasteiger partial charge in [0.2, 0.25) is 0 Å². The molecule has 0 aliphatic carbocycles. The van der Waals surface area contributed by atoms with Crippen LogP contribution in [-0.4, -0.2) is 6.98 Å². The molecule has 0 bridgehead atoms. The van der Waals surface area contributed by atoms with Crippen LogP contribution < -0.4 is 0 Å². The van der Waals surface area contributed by atoms with Gasteiger partial charge < -0.3 is 17.4 Å². The zero-order valence-electron chi connectivity index (χ0n) is 5.51. The van der Waals surface area contributed by atoms with E-state index in [2.05, 4.69) is 4.42 Å². The Hall–Kier alpha value is -1.13. The first kappa shape index (κ1) is 7.98. The van der Waals surface area contributed by atoms with E-state index in [1.165, 1.54) is 18.4 Å². The van der Waals surface area contributed by atoms with Crippen LogP contribution in [0.5, 0.6) is 0 Å². The summed E-state index contributed by atoms with van der Waals surface area (Å²) in [6, 6.07) is 2.99. The van der Waals surface area contributed by atoms with Crippen LogP contribution in [0.2, 0.25) is 0 Å². The van der Waals surface area contributed by atoms with Crippen molar-refractivity contribution >= 4 is 13.1 Å². The predicted octanol–water partition coefficient (Wildman–Crippen LogP) is 2.68. The van der Waals surface area contributed by atoms with E-state index in [1.807, 2.05) is 0 Å². The molecule has 1 aromatic heterocycles. The number of furan rings is 1. The second-order valence-corrected chi connectivity index (χ2v) is 2.00. The second-order valence-electron chi connectivity index (χ2n) is 2.00. The van der Waals surface area contributed by atoms with Crippen molar-refractivity contribution in [1.29, 1.82) is 0 Å². The minimum Gasteiger partial charge on any atom is -0.465 e. The third-order valence-corrected chi connectivity index (χ3v) is 1.02. The van der Waals surface area contributed by atoms with Crippen LogP contribution in [0, 0.1) is 0 Å². The lowest BCUT2D eigenvalue weighted by atomic mass is 9.91. The van der Waals surface area contributed by atoms with Crippen LogP contribution in [0.15, 0.2) is 28.8 Å². The number of hydrogen-bond donors (Lipinski definition) is 0. The lowest BCUT2D eigenvalue weighted by Gasteiger charge is -2.04. The molecule has 5 heteroatoms. The average molecular weight is 161 g/mol. The quantitative estimate of drug-likeness (QED) is 0.607. The van der Waals surface area contributed by atoms with Crippen LogP contribution >= 0.6 is 0 Å². The smallest absolute Gasteiger partial charge is 0.465 e. The number of halogens is 3. The second kappa shape index (κ2) is 2.86. The molecule has 1 rings (SSSR count). The third kappa shape index (κ3) is 2.97. The van der Waals surface area contributed by atoms with Gasteiger partial charge in [0.15, 0.2) is 0 Å². The van der Waals surface area contributed by atoms with E-state index >= 15 is 0 Å². The van der Waals surface area contributed by atoms with E-state index in [9.17, 15) is 12.9 Å². The normalized spacial score (nSPS) is 12.6. The molecular weight excluding hydrogens is 156 g/mol. The van der Waals surface area contributed by atoms with Crippen molar-refractivity contribution in [2.24, 2.45) is 0 Å². The molecule has 1 nitrogen and oxygen atoms in total. The fraction of sp³-hybridized carbons (Fsp3) is 0. The van der Waals surface area contributed by atoms with E-state index in [0.29, 0.717) is 0 Å². The maximum absolute atomic E-state index is 11.6. The largest absolute Gasteiger partial charge is 0.502 e. The van der Waals surface area contributed by atoms with Crippen molar-refractivity contribution in [3.8, 4) is 0 Å². The standard InChI is InChI=1S/C6H5BF3O/c8-7(9,10)4-3-6-2-1-5-11-6/h1-5H/q-1/b4-3+. The summed E-state index contributed by atoms with van der Waals surface area (Å²) in [5.41, 5.74) is 0. The van der Waals surface area contributed by atoms with Gasteiger partial charge in [-0.2, -0.15) is 0 Å². The van der Waals surface area contributed by atoms with Gasteiger partial charge in [-0.25, -0.2) is 0 Å². The van der Waals surface area contributed by atoms with E-state index in [-0.39, 0.29) is 11.7 Å². The molecule has 1 heterocycles. The average Bonchev–Trinajstić information content (AvgIpc) is 2.32. The van der Waals surface area contributed by atoms with Gasteiger partial charge in [0.1, 0.15) is 5.76 Å². The third-order valence-electron chi connectivity index (χ3n) is 1.02. The van der Waals surface area contributed by atoms with Crippen LogP contribution in [0.1, 0.15) is 5.76 Å². The minimum atomic E-state index is -4.85. The Kier molecular flexibility index (Phi) is 2.07. The molecule has 0 radical (unpaired) electrons. The van der Waals surface area contributed by atoms with Gasteiger partial charge >= 0.3 is 6.98 Å². The molecule has 0 spiro atoms. The van der Waals surface area contributed by atoms with Crippen LogP contribution in [0.4, 0.5) is 12.9 Å². The first-order chi connectivity index (χ1) is 5.08. The van der Waals surface area contributed by atoms with Crippen molar-refractivity contribution in [3.63, 3.8) is 0 Å². The fourth-order valence-corrected chi connectivity index (χ4v) is 0.590.